The maximum atomic E-state index is 12.0. The molecule has 1 heterocycles. The number of aromatic nitrogens is 1. The molecule has 1 aromatic heterocycles. The van der Waals surface area contributed by atoms with Gasteiger partial charge in [-0.3, -0.25) is 0 Å². The number of hydrogen-bond donors (Lipinski definition) is 2. The molecule has 6 heteroatoms. The highest BCUT2D eigenvalue weighted by Crippen LogP contribution is 2.45. The number of fused-ring (bicyclic) bond motifs is 2. The van der Waals surface area contributed by atoms with Crippen molar-refractivity contribution in [1.82, 2.24) is 4.57 Å². The number of aryl methyl sites for hydroxylation is 3. The summed E-state index contributed by atoms with van der Waals surface area (Å²) in [5, 5.41) is 16.4. The Bertz CT molecular complexity index is 1880. The van der Waals surface area contributed by atoms with Crippen molar-refractivity contribution in [2.75, 3.05) is 11.9 Å². The Labute approximate surface area is 244 Å². The van der Waals surface area contributed by atoms with Crippen LogP contribution in [0.3, 0.4) is 0 Å². The predicted octanol–water partition coefficient (Wildman–Crippen LogP) is 9.35. The van der Waals surface area contributed by atoms with E-state index in [1.165, 1.54) is 0 Å². The van der Waals surface area contributed by atoms with Gasteiger partial charge in [0.2, 0.25) is 5.88 Å². The number of nitrogens with one attached hydrogen (secondary N) is 1. The average molecular weight is 557 g/mol. The number of ether oxygens (including phenoxy) is 2. The standard InChI is InChI=1S/C36H32N2O4/c1-24-18-20-27(21-19-24)37-34-33-30(28-13-5-3-10-25(28)2)15-8-16-31(33)38(35(34)42-36(39)40)22-9-23-41-32-17-7-12-26-11-4-6-14-29(26)32/h3-8,10-21,37H,9,22-23H2,1-2H3,(H,39,40). The Morgan fingerprint density at radius 1 is 0.810 bits per heavy atom. The van der Waals surface area contributed by atoms with Crippen LogP contribution in [0.1, 0.15) is 17.5 Å². The van der Waals surface area contributed by atoms with E-state index in [1.54, 1.807) is 0 Å². The van der Waals surface area contributed by atoms with Gasteiger partial charge in [-0.15, -0.1) is 0 Å². The minimum absolute atomic E-state index is 0.254. The van der Waals surface area contributed by atoms with Crippen LogP contribution in [-0.4, -0.2) is 22.4 Å². The highest BCUT2D eigenvalue weighted by Gasteiger charge is 2.24. The van der Waals surface area contributed by atoms with Crippen molar-refractivity contribution in [3.63, 3.8) is 0 Å². The highest BCUT2D eigenvalue weighted by atomic mass is 16.7. The van der Waals surface area contributed by atoms with Crippen molar-refractivity contribution < 1.29 is 19.4 Å². The molecule has 0 aliphatic carbocycles. The summed E-state index contributed by atoms with van der Waals surface area (Å²) >= 11 is 0. The summed E-state index contributed by atoms with van der Waals surface area (Å²) in [7, 11) is 0. The third kappa shape index (κ3) is 5.39. The molecular weight excluding hydrogens is 524 g/mol. The lowest BCUT2D eigenvalue weighted by Gasteiger charge is -2.13. The smallest absolute Gasteiger partial charge is 0.493 e. The number of carboxylic acid groups (broad SMARTS) is 1. The largest absolute Gasteiger partial charge is 0.512 e. The summed E-state index contributed by atoms with van der Waals surface area (Å²) in [6.07, 6.45) is -0.725. The Kier molecular flexibility index (Phi) is 7.52. The zero-order valence-electron chi connectivity index (χ0n) is 23.6. The fraction of sp³-hybridized carbons (Fsp3) is 0.139. The molecule has 0 radical (unpaired) electrons. The second-order valence-electron chi connectivity index (χ2n) is 10.4. The van der Waals surface area contributed by atoms with Crippen LogP contribution in [-0.2, 0) is 6.54 Å². The average Bonchev–Trinajstić information content (AvgIpc) is 3.28. The lowest BCUT2D eigenvalue weighted by Crippen LogP contribution is -2.11. The first kappa shape index (κ1) is 27.0. The molecule has 0 saturated heterocycles. The van der Waals surface area contributed by atoms with E-state index in [0.29, 0.717) is 25.3 Å². The van der Waals surface area contributed by atoms with Crippen LogP contribution < -0.4 is 14.8 Å². The SMILES string of the molecule is Cc1ccc(Nc2c(OC(=O)O)n(CCCOc3cccc4ccccc34)c3cccc(-c4ccccc4C)c23)cc1. The number of hydrogen-bond acceptors (Lipinski definition) is 4. The van der Waals surface area contributed by atoms with Crippen molar-refractivity contribution in [2.45, 2.75) is 26.8 Å². The van der Waals surface area contributed by atoms with Crippen molar-refractivity contribution in [1.29, 1.82) is 0 Å². The molecule has 0 bridgehead atoms. The fourth-order valence-corrected chi connectivity index (χ4v) is 5.51. The Balaban J connectivity index is 1.41. The molecule has 210 valence electrons. The molecule has 0 spiro atoms. The minimum atomic E-state index is -1.37. The number of rotatable bonds is 9. The third-order valence-electron chi connectivity index (χ3n) is 7.52. The number of anilines is 2. The van der Waals surface area contributed by atoms with Crippen LogP contribution in [0.4, 0.5) is 16.2 Å². The summed E-state index contributed by atoms with van der Waals surface area (Å²) < 4.78 is 13.7. The molecule has 42 heavy (non-hydrogen) atoms. The van der Waals surface area contributed by atoms with Gasteiger partial charge in [-0.05, 0) is 66.6 Å². The molecule has 0 unspecified atom stereocenters. The molecule has 5 aromatic carbocycles. The van der Waals surface area contributed by atoms with Crippen molar-refractivity contribution in [3.05, 3.63) is 120 Å². The zero-order chi connectivity index (χ0) is 29.1. The first-order valence-corrected chi connectivity index (χ1v) is 14.1. The lowest BCUT2D eigenvalue weighted by molar-refractivity contribution is 0.141. The van der Waals surface area contributed by atoms with E-state index < -0.39 is 6.16 Å². The van der Waals surface area contributed by atoms with Crippen molar-refractivity contribution >= 4 is 39.2 Å². The Morgan fingerprint density at radius 3 is 2.33 bits per heavy atom. The summed E-state index contributed by atoms with van der Waals surface area (Å²) in [6.45, 7) is 5.07. The predicted molar refractivity (Wildman–Crippen MR) is 169 cm³/mol. The molecule has 2 N–H and O–H groups in total. The molecule has 0 atom stereocenters. The summed E-state index contributed by atoms with van der Waals surface area (Å²) in [4.78, 5) is 12.0. The molecular formula is C36H32N2O4. The van der Waals surface area contributed by atoms with E-state index >= 15 is 0 Å². The normalized spacial score (nSPS) is 11.1. The Hall–Kier alpha value is -5.23. The van der Waals surface area contributed by atoms with E-state index in [-0.39, 0.29) is 5.88 Å². The van der Waals surface area contributed by atoms with Crippen LogP contribution in [0.2, 0.25) is 0 Å². The maximum Gasteiger partial charge on any atom is 0.512 e. The van der Waals surface area contributed by atoms with Gasteiger partial charge in [-0.25, -0.2) is 4.79 Å². The maximum absolute atomic E-state index is 12.0. The summed E-state index contributed by atoms with van der Waals surface area (Å²) in [6, 6.07) is 36.5. The molecule has 6 aromatic rings. The lowest BCUT2D eigenvalue weighted by atomic mass is 9.97. The summed E-state index contributed by atoms with van der Waals surface area (Å²) in [5.74, 6) is 1.08. The molecule has 0 amide bonds. The van der Waals surface area contributed by atoms with Crippen LogP contribution in [0.25, 0.3) is 32.8 Å². The second-order valence-corrected chi connectivity index (χ2v) is 10.4. The monoisotopic (exact) mass is 556 g/mol. The molecule has 0 aliphatic rings. The number of carbonyl (C=O) groups is 1. The number of nitrogens with zero attached hydrogens (tertiary/aromatic N) is 1. The quantitative estimate of drug-likeness (QED) is 0.137. The molecule has 6 rings (SSSR count). The van der Waals surface area contributed by atoms with Gasteiger partial charge in [0.15, 0.2) is 0 Å². The van der Waals surface area contributed by atoms with Crippen molar-refractivity contribution in [2.24, 2.45) is 0 Å². The van der Waals surface area contributed by atoms with Gasteiger partial charge >= 0.3 is 6.16 Å². The van der Waals surface area contributed by atoms with Gasteiger partial charge < -0.3 is 24.5 Å². The van der Waals surface area contributed by atoms with Gasteiger partial charge in [0.05, 0.1) is 12.1 Å². The molecule has 0 saturated carbocycles. The van der Waals surface area contributed by atoms with E-state index in [2.05, 4.69) is 48.6 Å². The van der Waals surface area contributed by atoms with Crippen LogP contribution in [0, 0.1) is 13.8 Å². The van der Waals surface area contributed by atoms with Gasteiger partial charge in [-0.1, -0.05) is 90.5 Å². The van der Waals surface area contributed by atoms with Crippen LogP contribution >= 0.6 is 0 Å². The zero-order valence-corrected chi connectivity index (χ0v) is 23.6. The third-order valence-corrected chi connectivity index (χ3v) is 7.52. The van der Waals surface area contributed by atoms with E-state index in [0.717, 1.165) is 55.4 Å². The van der Waals surface area contributed by atoms with Gasteiger partial charge in [0.25, 0.3) is 0 Å². The van der Waals surface area contributed by atoms with Crippen LogP contribution in [0.15, 0.2) is 109 Å². The van der Waals surface area contributed by atoms with E-state index in [1.807, 2.05) is 84.3 Å². The summed E-state index contributed by atoms with van der Waals surface area (Å²) in [5.41, 5.74) is 6.68. The molecule has 0 fully saturated rings. The Morgan fingerprint density at radius 2 is 1.52 bits per heavy atom. The van der Waals surface area contributed by atoms with E-state index in [4.69, 9.17) is 9.47 Å². The second kappa shape index (κ2) is 11.7. The van der Waals surface area contributed by atoms with Gasteiger partial charge in [0, 0.05) is 23.0 Å². The molecule has 0 aliphatic heterocycles. The van der Waals surface area contributed by atoms with Crippen molar-refractivity contribution in [3.8, 4) is 22.8 Å². The van der Waals surface area contributed by atoms with E-state index in [9.17, 15) is 9.90 Å². The minimum Gasteiger partial charge on any atom is -0.493 e. The first-order valence-electron chi connectivity index (χ1n) is 14.1. The highest BCUT2D eigenvalue weighted by molar-refractivity contribution is 6.08. The van der Waals surface area contributed by atoms with Gasteiger partial charge in [-0.2, -0.15) is 0 Å². The fourth-order valence-electron chi connectivity index (χ4n) is 5.51. The topological polar surface area (TPSA) is 72.7 Å². The first-order chi connectivity index (χ1) is 20.5. The number of benzene rings is 5. The molecule has 6 nitrogen and oxygen atoms in total. The van der Waals surface area contributed by atoms with Crippen LogP contribution in [0.5, 0.6) is 11.6 Å². The van der Waals surface area contributed by atoms with Gasteiger partial charge in [0.1, 0.15) is 11.4 Å².